The van der Waals surface area contributed by atoms with Gasteiger partial charge in [0.25, 0.3) is 0 Å². The molecule has 2 heterocycles. The van der Waals surface area contributed by atoms with E-state index in [1.165, 1.54) is 0 Å². The van der Waals surface area contributed by atoms with Crippen LogP contribution in [-0.2, 0) is 21.3 Å². The zero-order valence-corrected chi connectivity index (χ0v) is 12.3. The minimum Gasteiger partial charge on any atom is -0.373 e. The number of hydrogen-bond donors (Lipinski definition) is 2. The average molecular weight is 296 g/mol. The fraction of sp³-hybridized carbons (Fsp3) is 0.571. The molecule has 0 aliphatic carbocycles. The van der Waals surface area contributed by atoms with Gasteiger partial charge in [-0.15, -0.1) is 0 Å². The Morgan fingerprint density at radius 2 is 2.20 bits per heavy atom. The number of nitrogens with two attached hydrogens (primary N) is 1. The fourth-order valence-electron chi connectivity index (χ4n) is 3.09. The molecule has 2 saturated heterocycles. The average Bonchev–Trinajstić information content (AvgIpc) is 3.01. The maximum atomic E-state index is 12.5. The van der Waals surface area contributed by atoms with Gasteiger partial charge in [-0.2, -0.15) is 0 Å². The van der Waals surface area contributed by atoms with Crippen molar-refractivity contribution in [1.82, 2.24) is 4.72 Å². The first-order valence-corrected chi connectivity index (χ1v) is 8.45. The zero-order chi connectivity index (χ0) is 14.3. The molecule has 3 unspecified atom stereocenters. The normalized spacial score (nSPS) is 29.0. The highest BCUT2D eigenvalue weighted by Gasteiger charge is 2.42. The third-order valence-electron chi connectivity index (χ3n) is 4.19. The molecule has 2 fully saturated rings. The number of ether oxygens (including phenoxy) is 1. The smallest absolute Gasteiger partial charge is 0.241 e. The highest BCUT2D eigenvalue weighted by molar-refractivity contribution is 7.89. The number of hydrogen-bond acceptors (Lipinski definition) is 4. The molecule has 20 heavy (non-hydrogen) atoms. The summed E-state index contributed by atoms with van der Waals surface area (Å²) in [6.45, 7) is 2.13. The van der Waals surface area contributed by atoms with Gasteiger partial charge in [0, 0.05) is 6.54 Å². The van der Waals surface area contributed by atoms with Crippen LogP contribution < -0.4 is 10.5 Å². The van der Waals surface area contributed by atoms with E-state index in [2.05, 4.69) is 4.72 Å². The number of rotatable bonds is 4. The number of aryl methyl sites for hydroxylation is 1. The van der Waals surface area contributed by atoms with Crippen LogP contribution in [0.1, 0.15) is 30.4 Å². The minimum atomic E-state index is -3.51. The van der Waals surface area contributed by atoms with Crippen molar-refractivity contribution in [2.75, 3.05) is 0 Å². The van der Waals surface area contributed by atoms with Crippen LogP contribution >= 0.6 is 0 Å². The highest BCUT2D eigenvalue weighted by atomic mass is 32.2. The Balaban J connectivity index is 1.84. The van der Waals surface area contributed by atoms with Gasteiger partial charge in [-0.25, -0.2) is 13.1 Å². The first-order valence-electron chi connectivity index (χ1n) is 6.97. The van der Waals surface area contributed by atoms with Gasteiger partial charge in [-0.3, -0.25) is 0 Å². The number of benzene rings is 1. The Morgan fingerprint density at radius 3 is 2.80 bits per heavy atom. The Bertz CT molecular complexity index is 615. The first-order chi connectivity index (χ1) is 9.49. The molecule has 3 atom stereocenters. The van der Waals surface area contributed by atoms with Crippen molar-refractivity contribution in [3.63, 3.8) is 0 Å². The second-order valence-corrected chi connectivity index (χ2v) is 7.32. The number of nitrogens with one attached hydrogen (secondary N) is 1. The predicted octanol–water partition coefficient (Wildman–Crippen LogP) is 1.05. The molecule has 3 N–H and O–H groups in total. The predicted molar refractivity (Wildman–Crippen MR) is 75.7 cm³/mol. The number of fused-ring (bicyclic) bond motifs is 2. The van der Waals surface area contributed by atoms with Crippen LogP contribution in [0, 0.1) is 6.92 Å². The molecule has 0 amide bonds. The molecule has 6 heteroatoms. The minimum absolute atomic E-state index is 0.0350. The summed E-state index contributed by atoms with van der Waals surface area (Å²) in [5.41, 5.74) is 7.14. The number of sulfonamides is 1. The lowest BCUT2D eigenvalue weighted by Crippen LogP contribution is -2.41. The van der Waals surface area contributed by atoms with Gasteiger partial charge in [0.15, 0.2) is 0 Å². The molecule has 0 spiro atoms. The summed E-state index contributed by atoms with van der Waals surface area (Å²) in [4.78, 5) is 0.322. The molecule has 2 bridgehead atoms. The third kappa shape index (κ3) is 2.48. The standard InChI is InChI=1S/C14H20N2O3S/c1-9-2-3-10(8-15)6-14(9)20(17,18)16-12-7-11-4-5-13(12)19-11/h2-3,6,11-13,16H,4-5,7-8,15H2,1H3. The van der Waals surface area contributed by atoms with Gasteiger partial charge >= 0.3 is 0 Å². The van der Waals surface area contributed by atoms with E-state index in [0.717, 1.165) is 30.4 Å². The fourth-order valence-corrected chi connectivity index (χ4v) is 4.66. The van der Waals surface area contributed by atoms with Gasteiger partial charge < -0.3 is 10.5 Å². The maximum absolute atomic E-state index is 12.5. The SMILES string of the molecule is Cc1ccc(CN)cc1S(=O)(=O)NC1CC2CCC1O2. The van der Waals surface area contributed by atoms with Crippen molar-refractivity contribution in [1.29, 1.82) is 0 Å². The summed E-state index contributed by atoms with van der Waals surface area (Å²) in [5.74, 6) is 0. The summed E-state index contributed by atoms with van der Waals surface area (Å²) in [7, 11) is -3.51. The molecule has 110 valence electrons. The largest absolute Gasteiger partial charge is 0.373 e. The molecule has 2 aliphatic rings. The Hall–Kier alpha value is -0.950. The highest BCUT2D eigenvalue weighted by Crippen LogP contribution is 2.35. The van der Waals surface area contributed by atoms with Crippen LogP contribution in [0.5, 0.6) is 0 Å². The van der Waals surface area contributed by atoms with E-state index in [4.69, 9.17) is 10.5 Å². The topological polar surface area (TPSA) is 81.4 Å². The molecule has 1 aromatic carbocycles. The van der Waals surface area contributed by atoms with E-state index in [1.807, 2.05) is 6.07 Å². The van der Waals surface area contributed by atoms with Gasteiger partial charge in [0.1, 0.15) is 0 Å². The summed E-state index contributed by atoms with van der Waals surface area (Å²) in [5, 5.41) is 0. The zero-order valence-electron chi connectivity index (χ0n) is 11.5. The van der Waals surface area contributed by atoms with Crippen LogP contribution in [0.4, 0.5) is 0 Å². The lowest BCUT2D eigenvalue weighted by molar-refractivity contribution is 0.0996. The van der Waals surface area contributed by atoms with E-state index in [-0.39, 0.29) is 18.2 Å². The van der Waals surface area contributed by atoms with Crippen LogP contribution in [-0.4, -0.2) is 26.7 Å². The molecule has 0 aromatic heterocycles. The molecular formula is C14H20N2O3S. The van der Waals surface area contributed by atoms with Gasteiger partial charge in [-0.05, 0) is 43.4 Å². The molecule has 2 aliphatic heterocycles. The van der Waals surface area contributed by atoms with Crippen molar-refractivity contribution in [3.8, 4) is 0 Å². The van der Waals surface area contributed by atoms with Crippen LogP contribution in [0.25, 0.3) is 0 Å². The summed E-state index contributed by atoms with van der Waals surface area (Å²) >= 11 is 0. The Labute approximate surface area is 119 Å². The van der Waals surface area contributed by atoms with Gasteiger partial charge in [0.2, 0.25) is 10.0 Å². The molecule has 0 radical (unpaired) electrons. The van der Waals surface area contributed by atoms with Crippen LogP contribution in [0.15, 0.2) is 23.1 Å². The van der Waals surface area contributed by atoms with Crippen molar-refractivity contribution in [2.24, 2.45) is 5.73 Å². The molecule has 5 nitrogen and oxygen atoms in total. The third-order valence-corrected chi connectivity index (χ3v) is 5.82. The van der Waals surface area contributed by atoms with Crippen molar-refractivity contribution >= 4 is 10.0 Å². The van der Waals surface area contributed by atoms with Crippen molar-refractivity contribution in [2.45, 2.75) is 55.9 Å². The Morgan fingerprint density at radius 1 is 1.40 bits per heavy atom. The van der Waals surface area contributed by atoms with Crippen molar-refractivity contribution in [3.05, 3.63) is 29.3 Å². The van der Waals surface area contributed by atoms with E-state index in [0.29, 0.717) is 11.4 Å². The lowest BCUT2D eigenvalue weighted by Gasteiger charge is -2.20. The Kier molecular flexibility index (Phi) is 3.58. The second-order valence-electron chi connectivity index (χ2n) is 5.64. The van der Waals surface area contributed by atoms with Crippen LogP contribution in [0.2, 0.25) is 0 Å². The first kappa shape index (κ1) is 14.0. The van der Waals surface area contributed by atoms with E-state index < -0.39 is 10.0 Å². The van der Waals surface area contributed by atoms with E-state index in [1.54, 1.807) is 19.1 Å². The molecule has 3 rings (SSSR count). The van der Waals surface area contributed by atoms with Gasteiger partial charge in [0.05, 0.1) is 23.1 Å². The van der Waals surface area contributed by atoms with Crippen molar-refractivity contribution < 1.29 is 13.2 Å². The summed E-state index contributed by atoms with van der Waals surface area (Å²) < 4.78 is 33.6. The monoisotopic (exact) mass is 296 g/mol. The lowest BCUT2D eigenvalue weighted by atomic mass is 9.96. The summed E-state index contributed by atoms with van der Waals surface area (Å²) in [6.07, 6.45) is 3.03. The quantitative estimate of drug-likeness (QED) is 0.870. The molecule has 0 saturated carbocycles. The van der Waals surface area contributed by atoms with Gasteiger partial charge in [-0.1, -0.05) is 12.1 Å². The van der Waals surface area contributed by atoms with E-state index in [9.17, 15) is 8.42 Å². The maximum Gasteiger partial charge on any atom is 0.241 e. The summed E-state index contributed by atoms with van der Waals surface area (Å²) in [6, 6.07) is 5.22. The second kappa shape index (κ2) is 5.11. The van der Waals surface area contributed by atoms with E-state index >= 15 is 0 Å². The molecular weight excluding hydrogens is 276 g/mol. The molecule has 1 aromatic rings. The van der Waals surface area contributed by atoms with Crippen LogP contribution in [0.3, 0.4) is 0 Å².